The van der Waals surface area contributed by atoms with Gasteiger partial charge in [-0.25, -0.2) is 4.79 Å². The molecule has 2 aromatic rings. The summed E-state index contributed by atoms with van der Waals surface area (Å²) in [5.41, 5.74) is 2.52. The van der Waals surface area contributed by atoms with E-state index < -0.39 is 11.9 Å². The van der Waals surface area contributed by atoms with Crippen LogP contribution in [0, 0.1) is 11.3 Å². The Balaban J connectivity index is 0.000000438. The van der Waals surface area contributed by atoms with Crippen molar-refractivity contribution in [3.63, 3.8) is 0 Å². The number of nitrogens with zero attached hydrogens (tertiary/aromatic N) is 2. The molecular formula is C22H23N2O4S-. The van der Waals surface area contributed by atoms with Crippen LogP contribution in [0.3, 0.4) is 0 Å². The number of benzene rings is 2. The van der Waals surface area contributed by atoms with Gasteiger partial charge in [-0.3, -0.25) is 0 Å². The van der Waals surface area contributed by atoms with E-state index >= 15 is 0 Å². The zero-order chi connectivity index (χ0) is 21.4. The van der Waals surface area contributed by atoms with Gasteiger partial charge in [-0.05, 0) is 56.7 Å². The predicted molar refractivity (Wildman–Crippen MR) is 109 cm³/mol. The first-order valence-corrected chi connectivity index (χ1v) is 10.0. The second-order valence-electron chi connectivity index (χ2n) is 6.93. The van der Waals surface area contributed by atoms with Crippen molar-refractivity contribution in [2.45, 2.75) is 34.5 Å². The lowest BCUT2D eigenvalue weighted by Gasteiger charge is -2.23. The highest BCUT2D eigenvalue weighted by atomic mass is 32.2. The van der Waals surface area contributed by atoms with Crippen LogP contribution in [-0.4, -0.2) is 42.6 Å². The molecule has 0 aliphatic carbocycles. The van der Waals surface area contributed by atoms with Crippen LogP contribution in [0.25, 0.3) is 0 Å². The Labute approximate surface area is 174 Å². The summed E-state index contributed by atoms with van der Waals surface area (Å²) in [7, 11) is 4.21. The third-order valence-electron chi connectivity index (χ3n) is 4.63. The Morgan fingerprint density at radius 3 is 2.14 bits per heavy atom. The highest BCUT2D eigenvalue weighted by Gasteiger charge is 2.31. The maximum absolute atomic E-state index is 9.90. The first kappa shape index (κ1) is 22.5. The number of nitriles is 1. The van der Waals surface area contributed by atoms with E-state index in [0.717, 1.165) is 19.4 Å². The monoisotopic (exact) mass is 411 g/mol. The molecule has 1 heterocycles. The van der Waals surface area contributed by atoms with E-state index in [1.165, 1.54) is 20.9 Å². The van der Waals surface area contributed by atoms with Crippen molar-refractivity contribution in [3.8, 4) is 6.07 Å². The third kappa shape index (κ3) is 6.08. The van der Waals surface area contributed by atoms with Crippen LogP contribution < -0.4 is 5.11 Å². The van der Waals surface area contributed by atoms with Gasteiger partial charge in [-0.2, -0.15) is 5.26 Å². The summed E-state index contributed by atoms with van der Waals surface area (Å²) in [6.45, 7) is 1.06. The molecule has 0 aromatic heterocycles. The quantitative estimate of drug-likeness (QED) is 0.771. The fraction of sp³-hybridized carbons (Fsp3) is 0.318. The number of aliphatic carboxylic acids is 2. The zero-order valence-corrected chi connectivity index (χ0v) is 17.2. The molecule has 7 heteroatoms. The van der Waals surface area contributed by atoms with Gasteiger partial charge in [-0.15, -0.1) is 0 Å². The second kappa shape index (κ2) is 10.6. The number of rotatable bonds is 4. The van der Waals surface area contributed by atoms with Gasteiger partial charge in [0.25, 0.3) is 0 Å². The first-order valence-electron chi connectivity index (χ1n) is 9.19. The van der Waals surface area contributed by atoms with Crippen LogP contribution in [0.1, 0.15) is 35.8 Å². The van der Waals surface area contributed by atoms with E-state index in [9.17, 15) is 5.26 Å². The van der Waals surface area contributed by atoms with Crippen LogP contribution in [0.15, 0.2) is 58.3 Å². The van der Waals surface area contributed by atoms with Crippen molar-refractivity contribution < 1.29 is 19.8 Å². The number of carbonyl (C=O) groups excluding carboxylic acids is 1. The van der Waals surface area contributed by atoms with Gasteiger partial charge in [0.2, 0.25) is 0 Å². The van der Waals surface area contributed by atoms with Crippen molar-refractivity contribution in [2.75, 3.05) is 20.6 Å². The highest BCUT2D eigenvalue weighted by molar-refractivity contribution is 7.99. The van der Waals surface area contributed by atoms with Crippen molar-refractivity contribution in [3.05, 3.63) is 59.7 Å². The van der Waals surface area contributed by atoms with Gasteiger partial charge in [0.15, 0.2) is 5.97 Å². The van der Waals surface area contributed by atoms with Crippen LogP contribution in [-0.2, 0) is 9.59 Å². The Bertz CT molecular complexity index is 896. The standard InChI is InChI=1S/C20H22N2S.C2H2O4/c1-22(2)13-7-10-15-16-8-3-5-11-19(16)23-20-12-6-4-9-17(20)18(15)14-21;3-1(4)2(5)6/h3-6,8-9,11-12,15,18H,7,10,13H2,1-2H3;(H,3,4)(H,5,6)/p-1. The summed E-state index contributed by atoms with van der Waals surface area (Å²) in [5, 5.41) is 26.2. The van der Waals surface area contributed by atoms with Crippen molar-refractivity contribution in [1.29, 1.82) is 5.26 Å². The normalized spacial score (nSPS) is 17.0. The van der Waals surface area contributed by atoms with Gasteiger partial charge < -0.3 is 19.9 Å². The predicted octanol–water partition coefficient (Wildman–Crippen LogP) is 2.70. The summed E-state index contributed by atoms with van der Waals surface area (Å²) in [6.07, 6.45) is 2.15. The van der Waals surface area contributed by atoms with Gasteiger partial charge in [0.1, 0.15) is 0 Å². The molecule has 0 saturated carbocycles. The largest absolute Gasteiger partial charge is 0.539 e. The Morgan fingerprint density at radius 2 is 1.62 bits per heavy atom. The van der Waals surface area contributed by atoms with Gasteiger partial charge >= 0.3 is 5.97 Å². The Kier molecular flexibility index (Phi) is 8.25. The van der Waals surface area contributed by atoms with E-state index in [4.69, 9.17) is 19.8 Å². The fourth-order valence-electron chi connectivity index (χ4n) is 3.33. The highest BCUT2D eigenvalue weighted by Crippen LogP contribution is 2.48. The Morgan fingerprint density at radius 1 is 1.10 bits per heavy atom. The molecule has 2 aromatic carbocycles. The summed E-state index contributed by atoms with van der Waals surface area (Å²) >= 11 is 1.80. The number of hydrogen-bond acceptors (Lipinski definition) is 6. The topological polar surface area (TPSA) is 104 Å². The molecule has 0 fully saturated rings. The molecule has 152 valence electrons. The van der Waals surface area contributed by atoms with E-state index in [1.54, 1.807) is 11.8 Å². The van der Waals surface area contributed by atoms with Crippen LogP contribution >= 0.6 is 11.8 Å². The molecule has 0 saturated heterocycles. The SMILES string of the molecule is CN(C)CCCC1c2ccccc2Sc2ccccc2C1C#N.O=C([O-])C(=O)O. The van der Waals surface area contributed by atoms with Gasteiger partial charge in [0, 0.05) is 15.7 Å². The molecule has 1 N–H and O–H groups in total. The fourth-order valence-corrected chi connectivity index (χ4v) is 4.51. The molecule has 3 rings (SSSR count). The molecule has 1 aliphatic rings. The summed E-state index contributed by atoms with van der Waals surface area (Å²) in [6, 6.07) is 19.6. The number of carboxylic acids is 2. The molecule has 2 atom stereocenters. The van der Waals surface area contributed by atoms with Crippen molar-refractivity contribution in [2.24, 2.45) is 0 Å². The third-order valence-corrected chi connectivity index (χ3v) is 5.81. The minimum atomic E-state index is -2.07. The first-order chi connectivity index (χ1) is 13.8. The zero-order valence-electron chi connectivity index (χ0n) is 16.4. The van der Waals surface area contributed by atoms with Crippen molar-refractivity contribution in [1.82, 2.24) is 4.90 Å². The minimum absolute atomic E-state index is 0.0653. The van der Waals surface area contributed by atoms with E-state index in [1.807, 2.05) is 0 Å². The number of carboxylic acid groups (broad SMARTS) is 2. The van der Waals surface area contributed by atoms with E-state index in [0.29, 0.717) is 0 Å². The number of fused-ring (bicyclic) bond motifs is 2. The lowest BCUT2D eigenvalue weighted by molar-refractivity contribution is -0.303. The van der Waals surface area contributed by atoms with Crippen LogP contribution in [0.4, 0.5) is 0 Å². The summed E-state index contributed by atoms with van der Waals surface area (Å²) in [4.78, 5) is 22.8. The van der Waals surface area contributed by atoms with Crippen molar-refractivity contribution >= 4 is 23.7 Å². The minimum Gasteiger partial charge on any atom is -0.539 e. The molecule has 0 amide bonds. The van der Waals surface area contributed by atoms with E-state index in [2.05, 4.69) is 73.6 Å². The average Bonchev–Trinajstić information content (AvgIpc) is 2.82. The van der Waals surface area contributed by atoms with E-state index in [-0.39, 0.29) is 11.8 Å². The van der Waals surface area contributed by atoms with Gasteiger partial charge in [-0.1, -0.05) is 48.2 Å². The molecular weight excluding hydrogens is 388 g/mol. The maximum Gasteiger partial charge on any atom is 0.351 e. The average molecular weight is 412 g/mol. The smallest absolute Gasteiger partial charge is 0.351 e. The molecule has 0 radical (unpaired) electrons. The Hall–Kier alpha value is -2.82. The summed E-state index contributed by atoms with van der Waals surface area (Å²) < 4.78 is 0. The molecule has 6 nitrogen and oxygen atoms in total. The number of hydrogen-bond donors (Lipinski definition) is 1. The second-order valence-corrected chi connectivity index (χ2v) is 8.01. The molecule has 0 bridgehead atoms. The maximum atomic E-state index is 9.90. The lowest BCUT2D eigenvalue weighted by atomic mass is 9.79. The molecule has 0 spiro atoms. The molecule has 29 heavy (non-hydrogen) atoms. The summed E-state index contributed by atoms with van der Waals surface area (Å²) in [5.74, 6) is -3.80. The van der Waals surface area contributed by atoms with Crippen LogP contribution in [0.2, 0.25) is 0 Å². The molecule has 1 aliphatic heterocycles. The number of carbonyl (C=O) groups is 2. The lowest BCUT2D eigenvalue weighted by Crippen LogP contribution is -2.30. The van der Waals surface area contributed by atoms with Gasteiger partial charge in [0.05, 0.1) is 12.0 Å². The molecule has 2 unspecified atom stereocenters. The van der Waals surface area contributed by atoms with Crippen LogP contribution in [0.5, 0.6) is 0 Å².